The Kier molecular flexibility index (Phi) is 8.67. The zero-order valence-corrected chi connectivity index (χ0v) is 24.0. The maximum atomic E-state index is 13.0. The number of carbonyl (C=O) groups excluding carboxylic acids is 3. The second-order valence-corrected chi connectivity index (χ2v) is 11.2. The van der Waals surface area contributed by atoms with E-state index in [2.05, 4.69) is 56.6 Å². The van der Waals surface area contributed by atoms with Gasteiger partial charge in [0.25, 0.3) is 11.1 Å². The summed E-state index contributed by atoms with van der Waals surface area (Å²) in [5.74, 6) is -0.770. The van der Waals surface area contributed by atoms with Crippen LogP contribution >= 0.6 is 56.9 Å². The maximum Gasteiger partial charge on any atom is 0.294 e. The number of imide groups is 1. The largest absolute Gasteiger partial charge is 0.487 e. The van der Waals surface area contributed by atoms with Gasteiger partial charge in [-0.05, 0) is 117 Å². The molecule has 1 aliphatic heterocycles. The number of halogens is 3. The standard InChI is InChI=1S/C26H19FI2N2O4S/c1-15-3-2-4-16(9-15)14-35-24-20(28)10-17(11-21(24)29)12-22-25(33)31(26(34)36-22)13-23(32)30-19-7-5-18(27)6-8-19/h2-12H,13-14H2,1H3,(H,30,32)/b22-12-. The smallest absolute Gasteiger partial charge is 0.294 e. The van der Waals surface area contributed by atoms with Crippen molar-refractivity contribution in [1.29, 1.82) is 0 Å². The minimum Gasteiger partial charge on any atom is -0.487 e. The monoisotopic (exact) mass is 728 g/mol. The van der Waals surface area contributed by atoms with Crippen LogP contribution in [0.15, 0.2) is 65.6 Å². The van der Waals surface area contributed by atoms with Gasteiger partial charge in [0.05, 0.1) is 12.0 Å². The van der Waals surface area contributed by atoms with Crippen molar-refractivity contribution < 1.29 is 23.5 Å². The summed E-state index contributed by atoms with van der Waals surface area (Å²) >= 11 is 5.15. The van der Waals surface area contributed by atoms with E-state index in [1.807, 2.05) is 37.3 Å². The summed E-state index contributed by atoms with van der Waals surface area (Å²) < 4.78 is 20.8. The van der Waals surface area contributed by atoms with Crippen LogP contribution in [0.1, 0.15) is 16.7 Å². The highest BCUT2D eigenvalue weighted by atomic mass is 127. The molecule has 0 bridgehead atoms. The van der Waals surface area contributed by atoms with Crippen molar-refractivity contribution in [3.05, 3.63) is 95.2 Å². The summed E-state index contributed by atoms with van der Waals surface area (Å²) in [7, 11) is 0. The molecule has 1 heterocycles. The first-order valence-electron chi connectivity index (χ1n) is 10.7. The molecule has 0 unspecified atom stereocenters. The number of benzene rings is 3. The Morgan fingerprint density at radius 1 is 1.08 bits per heavy atom. The predicted molar refractivity (Wildman–Crippen MR) is 155 cm³/mol. The molecular weight excluding hydrogens is 709 g/mol. The van der Waals surface area contributed by atoms with Crippen molar-refractivity contribution in [2.24, 2.45) is 0 Å². The van der Waals surface area contributed by atoms with E-state index in [1.54, 1.807) is 6.08 Å². The fourth-order valence-corrected chi connectivity index (χ4v) is 6.39. The Morgan fingerprint density at radius 2 is 1.78 bits per heavy atom. The van der Waals surface area contributed by atoms with E-state index in [4.69, 9.17) is 4.74 Å². The van der Waals surface area contributed by atoms with Crippen LogP contribution in [-0.4, -0.2) is 28.5 Å². The lowest BCUT2D eigenvalue weighted by molar-refractivity contribution is -0.127. The third-order valence-corrected chi connectivity index (χ3v) is 7.60. The van der Waals surface area contributed by atoms with E-state index >= 15 is 0 Å². The zero-order chi connectivity index (χ0) is 25.8. The fourth-order valence-electron chi connectivity index (χ4n) is 3.42. The van der Waals surface area contributed by atoms with Crippen LogP contribution in [0.2, 0.25) is 0 Å². The van der Waals surface area contributed by atoms with E-state index in [0.29, 0.717) is 12.3 Å². The van der Waals surface area contributed by atoms with Gasteiger partial charge in [-0.1, -0.05) is 29.8 Å². The van der Waals surface area contributed by atoms with Crippen molar-refractivity contribution in [2.45, 2.75) is 13.5 Å². The average Bonchev–Trinajstić information content (AvgIpc) is 3.07. The second-order valence-electron chi connectivity index (χ2n) is 7.91. The second kappa shape index (κ2) is 11.7. The van der Waals surface area contributed by atoms with E-state index in [9.17, 15) is 18.8 Å². The zero-order valence-electron chi connectivity index (χ0n) is 18.9. The minimum absolute atomic E-state index is 0.231. The van der Waals surface area contributed by atoms with Crippen LogP contribution < -0.4 is 10.1 Å². The lowest BCUT2D eigenvalue weighted by Gasteiger charge is -2.13. The Labute approximate surface area is 238 Å². The Hall–Kier alpha value is -2.45. The van der Waals surface area contributed by atoms with Gasteiger partial charge >= 0.3 is 0 Å². The van der Waals surface area contributed by atoms with E-state index in [0.717, 1.165) is 46.2 Å². The Morgan fingerprint density at radius 3 is 2.44 bits per heavy atom. The van der Waals surface area contributed by atoms with Gasteiger partial charge in [-0.3, -0.25) is 19.3 Å². The van der Waals surface area contributed by atoms with Crippen molar-refractivity contribution in [3.8, 4) is 5.75 Å². The molecule has 0 saturated carbocycles. The van der Waals surface area contributed by atoms with E-state index < -0.39 is 29.4 Å². The van der Waals surface area contributed by atoms with Gasteiger partial charge in [-0.2, -0.15) is 0 Å². The molecular formula is C26H19FI2N2O4S. The molecule has 4 rings (SSSR count). The molecule has 1 fully saturated rings. The van der Waals surface area contributed by atoms with Crippen molar-refractivity contribution in [2.75, 3.05) is 11.9 Å². The highest BCUT2D eigenvalue weighted by Gasteiger charge is 2.36. The molecule has 1 aliphatic rings. The molecule has 1 N–H and O–H groups in total. The van der Waals surface area contributed by atoms with Crippen LogP contribution in [0.25, 0.3) is 6.08 Å². The van der Waals surface area contributed by atoms with Crippen LogP contribution in [-0.2, 0) is 16.2 Å². The number of hydrogen-bond acceptors (Lipinski definition) is 5. The molecule has 0 aromatic heterocycles. The highest BCUT2D eigenvalue weighted by molar-refractivity contribution is 14.1. The molecule has 3 aromatic rings. The number of nitrogens with zero attached hydrogens (tertiary/aromatic N) is 1. The van der Waals surface area contributed by atoms with Gasteiger partial charge < -0.3 is 10.1 Å². The quantitative estimate of drug-likeness (QED) is 0.220. The minimum atomic E-state index is -0.552. The van der Waals surface area contributed by atoms with Crippen molar-refractivity contribution in [3.63, 3.8) is 0 Å². The number of nitrogens with one attached hydrogen (secondary N) is 1. The Bertz CT molecular complexity index is 1360. The van der Waals surface area contributed by atoms with Gasteiger partial charge in [-0.25, -0.2) is 4.39 Å². The molecule has 0 aliphatic carbocycles. The van der Waals surface area contributed by atoms with Crippen molar-refractivity contribution >= 4 is 85.8 Å². The highest BCUT2D eigenvalue weighted by Crippen LogP contribution is 2.35. The average molecular weight is 728 g/mol. The first-order valence-corrected chi connectivity index (χ1v) is 13.6. The first-order chi connectivity index (χ1) is 17.2. The number of aryl methyl sites for hydroxylation is 1. The molecule has 1 saturated heterocycles. The summed E-state index contributed by atoms with van der Waals surface area (Å²) in [5.41, 5.74) is 3.35. The van der Waals surface area contributed by atoms with E-state index in [1.165, 1.54) is 24.3 Å². The molecule has 10 heteroatoms. The lowest BCUT2D eigenvalue weighted by Crippen LogP contribution is -2.36. The van der Waals surface area contributed by atoms with Crippen molar-refractivity contribution in [1.82, 2.24) is 4.90 Å². The summed E-state index contributed by atoms with van der Waals surface area (Å²) in [6, 6.07) is 17.1. The number of ether oxygens (including phenoxy) is 1. The van der Waals surface area contributed by atoms with Gasteiger partial charge in [0.1, 0.15) is 24.7 Å². The number of hydrogen-bond donors (Lipinski definition) is 1. The van der Waals surface area contributed by atoms with Gasteiger partial charge in [0.2, 0.25) is 5.91 Å². The maximum absolute atomic E-state index is 13.0. The van der Waals surface area contributed by atoms with Gasteiger partial charge in [-0.15, -0.1) is 0 Å². The molecule has 0 atom stereocenters. The number of thioether (sulfide) groups is 1. The molecule has 36 heavy (non-hydrogen) atoms. The normalized spacial score (nSPS) is 14.4. The number of carbonyl (C=O) groups is 3. The number of anilines is 1. The van der Waals surface area contributed by atoms with E-state index in [-0.39, 0.29) is 4.91 Å². The van der Waals surface area contributed by atoms with Crippen LogP contribution in [0, 0.1) is 19.9 Å². The summed E-state index contributed by atoms with van der Waals surface area (Å²) in [4.78, 5) is 38.7. The molecule has 3 amide bonds. The molecule has 184 valence electrons. The fraction of sp³-hybridized carbons (Fsp3) is 0.115. The topological polar surface area (TPSA) is 75.7 Å². The first kappa shape index (κ1) is 26.6. The molecule has 6 nitrogen and oxygen atoms in total. The van der Waals surface area contributed by atoms with Crippen LogP contribution in [0.3, 0.4) is 0 Å². The third-order valence-electron chi connectivity index (χ3n) is 5.09. The lowest BCUT2D eigenvalue weighted by atomic mass is 10.1. The Balaban J connectivity index is 1.43. The predicted octanol–water partition coefficient (Wildman–Crippen LogP) is 6.60. The molecule has 0 radical (unpaired) electrons. The molecule has 3 aromatic carbocycles. The van der Waals surface area contributed by atoms with Gasteiger partial charge in [0, 0.05) is 5.69 Å². The number of amides is 3. The summed E-state index contributed by atoms with van der Waals surface area (Å²) in [6.45, 7) is 2.04. The van der Waals surface area contributed by atoms with Gasteiger partial charge in [0.15, 0.2) is 0 Å². The molecule has 0 spiro atoms. The van der Waals surface area contributed by atoms with Crippen LogP contribution in [0.5, 0.6) is 5.75 Å². The SMILES string of the molecule is Cc1cccc(COc2c(I)cc(/C=C3\SC(=O)N(CC(=O)Nc4ccc(F)cc4)C3=O)cc2I)c1. The third kappa shape index (κ3) is 6.65. The summed E-state index contributed by atoms with van der Waals surface area (Å²) in [6.07, 6.45) is 1.64. The van der Waals surface area contributed by atoms with Crippen LogP contribution in [0.4, 0.5) is 14.9 Å². The number of rotatable bonds is 7. The summed E-state index contributed by atoms with van der Waals surface area (Å²) in [5, 5.41) is 2.03.